The molecule has 0 aromatic carbocycles. The third-order valence-electron chi connectivity index (χ3n) is 2.78. The standard InChI is InChI=1S/C15H24N4.C2H6/c1-4-6-7-9-17-14-13(10-12(3)8-5-2)11-18-15(16)19-14;1-2/h5,8,11H,3-4,6-7,9-10H2,1-2H3,(H3,16,17,18,19);1-2H3/b8-5-;. The van der Waals surface area contributed by atoms with Crippen LogP contribution in [0.15, 0.2) is 30.5 Å². The third-order valence-corrected chi connectivity index (χ3v) is 2.78. The Labute approximate surface area is 129 Å². The van der Waals surface area contributed by atoms with Gasteiger partial charge in [0.15, 0.2) is 0 Å². The SMILES string of the molecule is C=C(/C=C\C)Cc1cnc(N)nc1NCCCCC.CC. The summed E-state index contributed by atoms with van der Waals surface area (Å²) < 4.78 is 0. The fourth-order valence-corrected chi connectivity index (χ4v) is 1.82. The summed E-state index contributed by atoms with van der Waals surface area (Å²) in [6.45, 7) is 13.1. The van der Waals surface area contributed by atoms with Crippen molar-refractivity contribution in [3.63, 3.8) is 0 Å². The van der Waals surface area contributed by atoms with Gasteiger partial charge in [-0.15, -0.1) is 0 Å². The van der Waals surface area contributed by atoms with E-state index in [2.05, 4.69) is 28.8 Å². The third kappa shape index (κ3) is 8.12. The Kier molecular flexibility index (Phi) is 10.9. The summed E-state index contributed by atoms with van der Waals surface area (Å²) in [6, 6.07) is 0. The Morgan fingerprint density at radius 2 is 2.10 bits per heavy atom. The molecule has 21 heavy (non-hydrogen) atoms. The van der Waals surface area contributed by atoms with Crippen LogP contribution in [0.2, 0.25) is 0 Å². The number of rotatable bonds is 8. The first kappa shape index (κ1) is 19.2. The van der Waals surface area contributed by atoms with Crippen molar-refractivity contribution in [3.8, 4) is 0 Å². The molecule has 0 unspecified atom stereocenters. The van der Waals surface area contributed by atoms with E-state index >= 15 is 0 Å². The molecular formula is C17H30N4. The second-order valence-electron chi connectivity index (χ2n) is 4.57. The summed E-state index contributed by atoms with van der Waals surface area (Å²) >= 11 is 0. The maximum absolute atomic E-state index is 5.65. The molecule has 0 bridgehead atoms. The number of hydrogen-bond acceptors (Lipinski definition) is 4. The normalized spacial score (nSPS) is 10.1. The quantitative estimate of drug-likeness (QED) is 0.551. The largest absolute Gasteiger partial charge is 0.370 e. The second kappa shape index (κ2) is 11.9. The van der Waals surface area contributed by atoms with Crippen LogP contribution in [0.5, 0.6) is 0 Å². The molecule has 3 N–H and O–H groups in total. The minimum Gasteiger partial charge on any atom is -0.370 e. The van der Waals surface area contributed by atoms with Gasteiger partial charge in [-0.05, 0) is 13.3 Å². The van der Waals surface area contributed by atoms with E-state index in [1.807, 2.05) is 32.9 Å². The van der Waals surface area contributed by atoms with Crippen molar-refractivity contribution in [1.29, 1.82) is 0 Å². The van der Waals surface area contributed by atoms with Crippen molar-refractivity contribution in [2.24, 2.45) is 0 Å². The molecule has 0 radical (unpaired) electrons. The molecule has 4 heteroatoms. The predicted octanol–water partition coefficient (Wildman–Crippen LogP) is 4.36. The van der Waals surface area contributed by atoms with Gasteiger partial charge in [-0.1, -0.05) is 57.9 Å². The van der Waals surface area contributed by atoms with Gasteiger partial charge < -0.3 is 11.1 Å². The van der Waals surface area contributed by atoms with Crippen LogP contribution < -0.4 is 11.1 Å². The minimum atomic E-state index is 0.304. The Morgan fingerprint density at radius 3 is 2.71 bits per heavy atom. The highest BCUT2D eigenvalue weighted by Gasteiger charge is 2.06. The Hall–Kier alpha value is -1.84. The molecule has 0 saturated heterocycles. The summed E-state index contributed by atoms with van der Waals surface area (Å²) in [5, 5.41) is 3.34. The number of aromatic nitrogens is 2. The smallest absolute Gasteiger partial charge is 0.221 e. The van der Waals surface area contributed by atoms with E-state index < -0.39 is 0 Å². The zero-order valence-electron chi connectivity index (χ0n) is 13.9. The molecule has 1 aromatic rings. The van der Waals surface area contributed by atoms with Gasteiger partial charge >= 0.3 is 0 Å². The van der Waals surface area contributed by atoms with Gasteiger partial charge in [0, 0.05) is 24.7 Å². The number of nitrogens with two attached hydrogens (primary N) is 1. The Balaban J connectivity index is 0.00000191. The van der Waals surface area contributed by atoms with E-state index in [9.17, 15) is 0 Å². The summed E-state index contributed by atoms with van der Waals surface area (Å²) in [6.07, 6.45) is 10.0. The molecule has 118 valence electrons. The van der Waals surface area contributed by atoms with Gasteiger partial charge in [-0.25, -0.2) is 4.98 Å². The molecular weight excluding hydrogens is 260 g/mol. The van der Waals surface area contributed by atoms with Gasteiger partial charge in [-0.3, -0.25) is 0 Å². The van der Waals surface area contributed by atoms with Crippen molar-refractivity contribution < 1.29 is 0 Å². The Bertz CT molecular complexity index is 438. The van der Waals surface area contributed by atoms with E-state index in [1.165, 1.54) is 12.8 Å². The minimum absolute atomic E-state index is 0.304. The molecule has 0 fully saturated rings. The summed E-state index contributed by atoms with van der Waals surface area (Å²) in [7, 11) is 0. The van der Waals surface area contributed by atoms with Gasteiger partial charge in [0.2, 0.25) is 5.95 Å². The van der Waals surface area contributed by atoms with E-state index in [0.717, 1.165) is 36.3 Å². The second-order valence-corrected chi connectivity index (χ2v) is 4.57. The maximum atomic E-state index is 5.65. The highest BCUT2D eigenvalue weighted by Crippen LogP contribution is 2.17. The fourth-order valence-electron chi connectivity index (χ4n) is 1.82. The number of allylic oxidation sites excluding steroid dienone is 3. The molecule has 0 amide bonds. The first-order valence-electron chi connectivity index (χ1n) is 7.83. The van der Waals surface area contributed by atoms with Crippen LogP contribution in [0.4, 0.5) is 11.8 Å². The molecule has 1 rings (SSSR count). The van der Waals surface area contributed by atoms with Crippen LogP contribution in [0.25, 0.3) is 0 Å². The molecule has 0 atom stereocenters. The maximum Gasteiger partial charge on any atom is 0.221 e. The molecule has 0 spiro atoms. The van der Waals surface area contributed by atoms with Crippen molar-refractivity contribution >= 4 is 11.8 Å². The van der Waals surface area contributed by atoms with Crippen LogP contribution >= 0.6 is 0 Å². The average molecular weight is 290 g/mol. The fraction of sp³-hybridized carbons (Fsp3) is 0.529. The number of nitrogen functional groups attached to an aromatic ring is 1. The zero-order chi connectivity index (χ0) is 16.1. The molecule has 0 aliphatic carbocycles. The lowest BCUT2D eigenvalue weighted by Crippen LogP contribution is -2.09. The average Bonchev–Trinajstić information content (AvgIpc) is 2.48. The topological polar surface area (TPSA) is 63.8 Å². The van der Waals surface area contributed by atoms with Crippen LogP contribution in [-0.4, -0.2) is 16.5 Å². The van der Waals surface area contributed by atoms with Gasteiger partial charge in [0.1, 0.15) is 5.82 Å². The van der Waals surface area contributed by atoms with Crippen molar-refractivity contribution in [2.75, 3.05) is 17.6 Å². The molecule has 0 saturated carbocycles. The molecule has 1 heterocycles. The van der Waals surface area contributed by atoms with E-state index in [-0.39, 0.29) is 0 Å². The molecule has 1 aromatic heterocycles. The first-order valence-corrected chi connectivity index (χ1v) is 7.83. The number of nitrogens with zero attached hydrogens (tertiary/aromatic N) is 2. The summed E-state index contributed by atoms with van der Waals surface area (Å²) in [5.74, 6) is 1.13. The van der Waals surface area contributed by atoms with E-state index in [1.54, 1.807) is 6.20 Å². The van der Waals surface area contributed by atoms with E-state index in [0.29, 0.717) is 5.95 Å². The highest BCUT2D eigenvalue weighted by molar-refractivity contribution is 5.48. The Morgan fingerprint density at radius 1 is 1.38 bits per heavy atom. The van der Waals surface area contributed by atoms with Crippen LogP contribution in [-0.2, 0) is 6.42 Å². The van der Waals surface area contributed by atoms with E-state index in [4.69, 9.17) is 5.73 Å². The number of unbranched alkanes of at least 4 members (excludes halogenated alkanes) is 2. The predicted molar refractivity (Wildman–Crippen MR) is 93.5 cm³/mol. The number of hydrogen-bond donors (Lipinski definition) is 2. The first-order chi connectivity index (χ1) is 10.2. The molecule has 4 nitrogen and oxygen atoms in total. The lowest BCUT2D eigenvalue weighted by Gasteiger charge is -2.11. The number of anilines is 2. The summed E-state index contributed by atoms with van der Waals surface area (Å²) in [4.78, 5) is 8.33. The van der Waals surface area contributed by atoms with Crippen LogP contribution in [0.3, 0.4) is 0 Å². The number of nitrogens with one attached hydrogen (secondary N) is 1. The zero-order valence-corrected chi connectivity index (χ0v) is 13.9. The lowest BCUT2D eigenvalue weighted by atomic mass is 10.1. The van der Waals surface area contributed by atoms with Gasteiger partial charge in [0.05, 0.1) is 0 Å². The van der Waals surface area contributed by atoms with Gasteiger partial charge in [-0.2, -0.15) is 4.98 Å². The van der Waals surface area contributed by atoms with Gasteiger partial charge in [0.25, 0.3) is 0 Å². The van der Waals surface area contributed by atoms with Crippen molar-refractivity contribution in [3.05, 3.63) is 36.1 Å². The van der Waals surface area contributed by atoms with Crippen molar-refractivity contribution in [2.45, 2.75) is 53.4 Å². The molecule has 0 aliphatic heterocycles. The lowest BCUT2D eigenvalue weighted by molar-refractivity contribution is 0.741. The van der Waals surface area contributed by atoms with Crippen LogP contribution in [0, 0.1) is 0 Å². The monoisotopic (exact) mass is 290 g/mol. The van der Waals surface area contributed by atoms with Crippen LogP contribution in [0.1, 0.15) is 52.5 Å². The summed E-state index contributed by atoms with van der Waals surface area (Å²) in [5.41, 5.74) is 7.72. The van der Waals surface area contributed by atoms with Crippen molar-refractivity contribution in [1.82, 2.24) is 9.97 Å². The molecule has 0 aliphatic rings. The highest BCUT2D eigenvalue weighted by atomic mass is 15.1.